The molecule has 0 aliphatic heterocycles. The van der Waals surface area contributed by atoms with Gasteiger partial charge in [0.2, 0.25) is 0 Å². The first-order valence-electron chi connectivity index (χ1n) is 5.15. The molecule has 0 saturated carbocycles. The van der Waals surface area contributed by atoms with E-state index in [0.717, 1.165) is 11.1 Å². The zero-order valence-electron chi connectivity index (χ0n) is 8.98. The molecule has 0 bridgehead atoms. The maximum atomic E-state index is 10.0. The van der Waals surface area contributed by atoms with Gasteiger partial charge in [-0.05, 0) is 18.2 Å². The Bertz CT molecular complexity index is 739. The van der Waals surface area contributed by atoms with Crippen molar-refractivity contribution in [1.82, 2.24) is 15.4 Å². The number of benzene rings is 2. The van der Waals surface area contributed by atoms with Gasteiger partial charge in [-0.15, -0.1) is 5.10 Å². The number of fused-ring (bicyclic) bond motifs is 1. The van der Waals surface area contributed by atoms with Crippen LogP contribution in [-0.4, -0.2) is 20.5 Å². The smallest absolute Gasteiger partial charge is 0.142 e. The molecule has 0 saturated heterocycles. The third kappa shape index (κ3) is 1.70. The lowest BCUT2D eigenvalue weighted by Gasteiger charge is -2.07. The van der Waals surface area contributed by atoms with Crippen molar-refractivity contribution in [1.29, 1.82) is 0 Å². The molecule has 0 aliphatic rings. The first kappa shape index (κ1) is 11.3. The predicted molar refractivity (Wildman–Crippen MR) is 71.0 cm³/mol. The first-order chi connectivity index (χ1) is 8.66. The Kier molecular flexibility index (Phi) is 2.61. The highest BCUT2D eigenvalue weighted by molar-refractivity contribution is 6.36. The van der Waals surface area contributed by atoms with Crippen LogP contribution >= 0.6 is 23.2 Å². The molecular weight excluding hydrogens is 273 g/mol. The second-order valence-corrected chi connectivity index (χ2v) is 4.64. The monoisotopic (exact) mass is 279 g/mol. The predicted octanol–water partition coefficient (Wildman–Crippen LogP) is 3.64. The van der Waals surface area contributed by atoms with E-state index in [1.165, 1.54) is 6.07 Å². The van der Waals surface area contributed by atoms with Gasteiger partial charge in [-0.2, -0.15) is 0 Å². The quantitative estimate of drug-likeness (QED) is 0.715. The molecule has 0 unspecified atom stereocenters. The Hall–Kier alpha value is -1.78. The summed E-state index contributed by atoms with van der Waals surface area (Å²) in [6.07, 6.45) is 0. The SMILES string of the molecule is Oc1c(Cl)cc(Cl)cc1-c1cccc2[nH]nnc12. The third-order valence-electron chi connectivity index (χ3n) is 2.67. The van der Waals surface area contributed by atoms with Crippen LogP contribution in [0, 0.1) is 0 Å². The van der Waals surface area contributed by atoms with Gasteiger partial charge in [0.25, 0.3) is 0 Å². The number of H-pyrrole nitrogens is 1. The molecule has 0 aliphatic carbocycles. The average Bonchev–Trinajstić information content (AvgIpc) is 2.81. The summed E-state index contributed by atoms with van der Waals surface area (Å²) >= 11 is 11.9. The average molecular weight is 280 g/mol. The molecule has 6 heteroatoms. The van der Waals surface area contributed by atoms with Crippen molar-refractivity contribution in [2.75, 3.05) is 0 Å². The fraction of sp³-hybridized carbons (Fsp3) is 0. The van der Waals surface area contributed by atoms with Crippen LogP contribution in [-0.2, 0) is 0 Å². The summed E-state index contributed by atoms with van der Waals surface area (Å²) in [6.45, 7) is 0. The van der Waals surface area contributed by atoms with Crippen molar-refractivity contribution in [2.24, 2.45) is 0 Å². The molecule has 18 heavy (non-hydrogen) atoms. The Balaban J connectivity index is 2.36. The Labute approximate surface area is 112 Å². The summed E-state index contributed by atoms with van der Waals surface area (Å²) in [7, 11) is 0. The standard InChI is InChI=1S/C12H7Cl2N3O/c13-6-4-8(12(18)9(14)5-6)7-2-1-3-10-11(7)16-17-15-10/h1-5,18H,(H,15,16,17). The molecule has 3 rings (SSSR count). The highest BCUT2D eigenvalue weighted by Crippen LogP contribution is 2.39. The molecule has 1 heterocycles. The van der Waals surface area contributed by atoms with Crippen LogP contribution in [0.1, 0.15) is 0 Å². The lowest BCUT2D eigenvalue weighted by Crippen LogP contribution is -1.83. The van der Waals surface area contributed by atoms with Crippen LogP contribution in [0.15, 0.2) is 30.3 Å². The van der Waals surface area contributed by atoms with Gasteiger partial charge in [-0.3, -0.25) is 5.10 Å². The van der Waals surface area contributed by atoms with Gasteiger partial charge in [0.1, 0.15) is 11.3 Å². The van der Waals surface area contributed by atoms with Crippen molar-refractivity contribution < 1.29 is 5.11 Å². The second-order valence-electron chi connectivity index (χ2n) is 3.80. The summed E-state index contributed by atoms with van der Waals surface area (Å²) < 4.78 is 0. The van der Waals surface area contributed by atoms with E-state index >= 15 is 0 Å². The molecule has 0 fully saturated rings. The van der Waals surface area contributed by atoms with Crippen LogP contribution < -0.4 is 0 Å². The van der Waals surface area contributed by atoms with Gasteiger partial charge in [0.05, 0.1) is 10.5 Å². The summed E-state index contributed by atoms with van der Waals surface area (Å²) in [4.78, 5) is 0. The number of aromatic hydroxyl groups is 1. The van der Waals surface area contributed by atoms with E-state index in [1.807, 2.05) is 18.2 Å². The highest BCUT2D eigenvalue weighted by atomic mass is 35.5. The second kappa shape index (κ2) is 4.15. The number of aromatic nitrogens is 3. The Morgan fingerprint density at radius 2 is 1.94 bits per heavy atom. The number of hydrogen-bond donors (Lipinski definition) is 2. The van der Waals surface area contributed by atoms with Gasteiger partial charge in [0, 0.05) is 16.1 Å². The van der Waals surface area contributed by atoms with E-state index in [9.17, 15) is 5.11 Å². The maximum absolute atomic E-state index is 10.0. The zero-order chi connectivity index (χ0) is 12.7. The molecule has 0 atom stereocenters. The molecule has 3 aromatic rings. The Morgan fingerprint density at radius 1 is 1.11 bits per heavy atom. The summed E-state index contributed by atoms with van der Waals surface area (Å²) in [5.41, 5.74) is 2.70. The molecule has 2 aromatic carbocycles. The largest absolute Gasteiger partial charge is 0.506 e. The molecule has 0 spiro atoms. The number of hydrogen-bond acceptors (Lipinski definition) is 3. The molecular formula is C12H7Cl2N3O. The lowest BCUT2D eigenvalue weighted by molar-refractivity contribution is 0.477. The van der Waals surface area contributed by atoms with E-state index in [-0.39, 0.29) is 10.8 Å². The lowest BCUT2D eigenvalue weighted by atomic mass is 10.0. The van der Waals surface area contributed by atoms with Gasteiger partial charge in [-0.25, -0.2) is 0 Å². The van der Waals surface area contributed by atoms with Gasteiger partial charge < -0.3 is 5.11 Å². The minimum absolute atomic E-state index is 0.0171. The van der Waals surface area contributed by atoms with Crippen molar-refractivity contribution in [3.63, 3.8) is 0 Å². The van der Waals surface area contributed by atoms with E-state index in [1.54, 1.807) is 6.07 Å². The van der Waals surface area contributed by atoms with E-state index in [2.05, 4.69) is 15.4 Å². The number of aromatic amines is 1. The first-order valence-corrected chi connectivity index (χ1v) is 5.90. The maximum Gasteiger partial charge on any atom is 0.142 e. The van der Waals surface area contributed by atoms with E-state index < -0.39 is 0 Å². The topological polar surface area (TPSA) is 61.8 Å². The van der Waals surface area contributed by atoms with Gasteiger partial charge in [-0.1, -0.05) is 40.5 Å². The van der Waals surface area contributed by atoms with Crippen molar-refractivity contribution in [2.45, 2.75) is 0 Å². The van der Waals surface area contributed by atoms with E-state index in [0.29, 0.717) is 16.1 Å². The summed E-state index contributed by atoms with van der Waals surface area (Å²) in [5.74, 6) is -0.0171. The van der Waals surface area contributed by atoms with Crippen LogP contribution in [0.4, 0.5) is 0 Å². The Morgan fingerprint density at radius 3 is 2.78 bits per heavy atom. The number of nitrogens with zero attached hydrogens (tertiary/aromatic N) is 2. The van der Waals surface area contributed by atoms with Crippen LogP contribution in [0.3, 0.4) is 0 Å². The number of rotatable bonds is 1. The minimum Gasteiger partial charge on any atom is -0.506 e. The summed E-state index contributed by atoms with van der Waals surface area (Å²) in [5, 5.41) is 21.2. The van der Waals surface area contributed by atoms with Crippen LogP contribution in [0.2, 0.25) is 10.0 Å². The number of phenolic OH excluding ortho intramolecular Hbond substituents is 1. The van der Waals surface area contributed by atoms with Crippen molar-refractivity contribution >= 4 is 34.2 Å². The molecule has 4 nitrogen and oxygen atoms in total. The highest BCUT2D eigenvalue weighted by Gasteiger charge is 2.14. The fourth-order valence-corrected chi connectivity index (χ4v) is 2.35. The van der Waals surface area contributed by atoms with Crippen LogP contribution in [0.25, 0.3) is 22.2 Å². The molecule has 90 valence electrons. The number of phenols is 1. The number of halogens is 2. The number of nitrogens with one attached hydrogen (secondary N) is 1. The van der Waals surface area contributed by atoms with Crippen molar-refractivity contribution in [3.8, 4) is 16.9 Å². The minimum atomic E-state index is -0.0171. The molecule has 0 radical (unpaired) electrons. The molecule has 1 aromatic heterocycles. The normalized spacial score (nSPS) is 11.0. The zero-order valence-corrected chi connectivity index (χ0v) is 10.5. The third-order valence-corrected chi connectivity index (χ3v) is 3.18. The molecule has 0 amide bonds. The van der Waals surface area contributed by atoms with Gasteiger partial charge >= 0.3 is 0 Å². The van der Waals surface area contributed by atoms with Gasteiger partial charge in [0.15, 0.2) is 0 Å². The summed E-state index contributed by atoms with van der Waals surface area (Å²) in [6, 6.07) is 8.65. The molecule has 2 N–H and O–H groups in total. The van der Waals surface area contributed by atoms with Crippen LogP contribution in [0.5, 0.6) is 5.75 Å². The van der Waals surface area contributed by atoms with Crippen molar-refractivity contribution in [3.05, 3.63) is 40.4 Å². The fourth-order valence-electron chi connectivity index (χ4n) is 1.86. The van der Waals surface area contributed by atoms with E-state index in [4.69, 9.17) is 23.2 Å².